The minimum atomic E-state index is 0.0204. The molecule has 22 heavy (non-hydrogen) atoms. The van der Waals surface area contributed by atoms with Crippen LogP contribution in [-0.4, -0.2) is 12.1 Å². The van der Waals surface area contributed by atoms with Crippen LogP contribution in [0.3, 0.4) is 0 Å². The van der Waals surface area contributed by atoms with Gasteiger partial charge in [0.25, 0.3) is 0 Å². The zero-order valence-corrected chi connectivity index (χ0v) is 14.9. The number of rotatable bonds is 12. The summed E-state index contributed by atoms with van der Waals surface area (Å²) in [5, 5.41) is 6.04. The van der Waals surface area contributed by atoms with Crippen LogP contribution in [-0.2, 0) is 4.79 Å². The van der Waals surface area contributed by atoms with E-state index in [4.69, 9.17) is 0 Å². The zero-order chi connectivity index (χ0) is 16.0. The summed E-state index contributed by atoms with van der Waals surface area (Å²) >= 11 is 1.69. The van der Waals surface area contributed by atoms with Gasteiger partial charge in [0.05, 0.1) is 6.21 Å². The largest absolute Gasteiger partial charge is 0.273 e. The summed E-state index contributed by atoms with van der Waals surface area (Å²) in [4.78, 5) is 12.9. The van der Waals surface area contributed by atoms with Crippen molar-refractivity contribution in [3.8, 4) is 0 Å². The molecule has 3 nitrogen and oxygen atoms in total. The topological polar surface area (TPSA) is 41.5 Å². The Morgan fingerprint density at radius 2 is 1.77 bits per heavy atom. The summed E-state index contributed by atoms with van der Waals surface area (Å²) in [5.41, 5.74) is 3.69. The lowest BCUT2D eigenvalue weighted by molar-refractivity contribution is -0.121. The van der Waals surface area contributed by atoms with Crippen LogP contribution < -0.4 is 5.43 Å². The van der Waals surface area contributed by atoms with Crippen molar-refractivity contribution in [2.75, 3.05) is 0 Å². The van der Waals surface area contributed by atoms with E-state index in [-0.39, 0.29) is 5.91 Å². The van der Waals surface area contributed by atoms with Crippen molar-refractivity contribution in [1.82, 2.24) is 5.43 Å². The molecule has 0 aliphatic heterocycles. The molecule has 0 spiro atoms. The molecule has 124 valence electrons. The number of nitrogens with zero attached hydrogens (tertiary/aromatic N) is 1. The van der Waals surface area contributed by atoms with Gasteiger partial charge in [-0.05, 0) is 24.8 Å². The van der Waals surface area contributed by atoms with Crippen LogP contribution in [0.5, 0.6) is 0 Å². The molecule has 1 N–H and O–H groups in total. The van der Waals surface area contributed by atoms with Gasteiger partial charge in [0.15, 0.2) is 0 Å². The number of hydrazone groups is 1. The maximum absolute atomic E-state index is 11.6. The first-order chi connectivity index (χ1) is 10.7. The monoisotopic (exact) mass is 322 g/mol. The van der Waals surface area contributed by atoms with Crippen LogP contribution in [0.4, 0.5) is 0 Å². The van der Waals surface area contributed by atoms with Crippen LogP contribution in [0.15, 0.2) is 16.5 Å². The Morgan fingerprint density at radius 1 is 1.14 bits per heavy atom. The van der Waals surface area contributed by atoms with Crippen molar-refractivity contribution in [2.45, 2.75) is 78.1 Å². The van der Waals surface area contributed by atoms with Crippen LogP contribution in [0.2, 0.25) is 0 Å². The lowest BCUT2D eigenvalue weighted by Crippen LogP contribution is -2.16. The standard InChI is InChI=1S/C18H30N2OS/c1-3-4-5-6-7-8-9-10-11-12-18(21)20-19-15-17-13-14-22-16(17)2/h13-15H,3-12H2,1-2H3,(H,20,21). The maximum Gasteiger partial charge on any atom is 0.240 e. The fraction of sp³-hybridized carbons (Fsp3) is 0.667. The summed E-state index contributed by atoms with van der Waals surface area (Å²) in [6.07, 6.45) is 13.7. The number of nitrogens with one attached hydrogen (secondary N) is 1. The highest BCUT2D eigenvalue weighted by Crippen LogP contribution is 2.12. The van der Waals surface area contributed by atoms with Gasteiger partial charge in [0, 0.05) is 16.9 Å². The highest BCUT2D eigenvalue weighted by Gasteiger charge is 2.00. The first-order valence-corrected chi connectivity index (χ1v) is 9.48. The van der Waals surface area contributed by atoms with Crippen LogP contribution in [0.25, 0.3) is 0 Å². The number of aryl methyl sites for hydroxylation is 1. The molecule has 4 heteroatoms. The predicted octanol–water partition coefficient (Wildman–Crippen LogP) is 5.43. The molecule has 0 aliphatic carbocycles. The van der Waals surface area contributed by atoms with E-state index in [2.05, 4.69) is 24.4 Å². The maximum atomic E-state index is 11.6. The third-order valence-electron chi connectivity index (χ3n) is 3.80. The molecule has 0 bridgehead atoms. The van der Waals surface area contributed by atoms with E-state index < -0.39 is 0 Å². The van der Waals surface area contributed by atoms with Crippen molar-refractivity contribution >= 4 is 23.5 Å². The number of unbranched alkanes of at least 4 members (excludes halogenated alkanes) is 8. The number of carbonyl (C=O) groups excluding carboxylic acids is 1. The molecule has 0 aromatic carbocycles. The SMILES string of the molecule is CCCCCCCCCCCC(=O)NN=Cc1ccsc1C. The highest BCUT2D eigenvalue weighted by atomic mass is 32.1. The fourth-order valence-electron chi connectivity index (χ4n) is 2.35. The molecular weight excluding hydrogens is 292 g/mol. The summed E-state index contributed by atoms with van der Waals surface area (Å²) in [7, 11) is 0. The van der Waals surface area contributed by atoms with Gasteiger partial charge in [-0.1, -0.05) is 58.3 Å². The van der Waals surface area contributed by atoms with Gasteiger partial charge < -0.3 is 0 Å². The lowest BCUT2D eigenvalue weighted by Gasteiger charge is -2.02. The van der Waals surface area contributed by atoms with Gasteiger partial charge in [-0.25, -0.2) is 5.43 Å². The van der Waals surface area contributed by atoms with Crippen LogP contribution in [0.1, 0.15) is 81.6 Å². The zero-order valence-electron chi connectivity index (χ0n) is 14.1. The minimum Gasteiger partial charge on any atom is -0.273 e. The summed E-state index contributed by atoms with van der Waals surface area (Å²) in [6.45, 7) is 4.30. The molecule has 1 aromatic rings. The van der Waals surface area contributed by atoms with Gasteiger partial charge in [-0.15, -0.1) is 11.3 Å². The van der Waals surface area contributed by atoms with E-state index in [1.54, 1.807) is 17.6 Å². The van der Waals surface area contributed by atoms with Crippen molar-refractivity contribution in [1.29, 1.82) is 0 Å². The molecule has 0 saturated heterocycles. The van der Waals surface area contributed by atoms with Gasteiger partial charge in [0.2, 0.25) is 5.91 Å². The molecule has 0 radical (unpaired) electrons. The molecule has 1 aromatic heterocycles. The first kappa shape index (κ1) is 18.9. The van der Waals surface area contributed by atoms with Gasteiger partial charge >= 0.3 is 0 Å². The Bertz CT molecular complexity index is 440. The second-order valence-corrected chi connectivity index (χ2v) is 6.92. The summed E-state index contributed by atoms with van der Waals surface area (Å²) in [5.74, 6) is 0.0204. The third-order valence-corrected chi connectivity index (χ3v) is 4.66. The number of amides is 1. The quantitative estimate of drug-likeness (QED) is 0.311. The number of hydrogen-bond acceptors (Lipinski definition) is 3. The van der Waals surface area contributed by atoms with E-state index in [9.17, 15) is 4.79 Å². The predicted molar refractivity (Wildman–Crippen MR) is 96.6 cm³/mol. The molecule has 0 unspecified atom stereocenters. The van der Waals surface area contributed by atoms with Crippen LogP contribution >= 0.6 is 11.3 Å². The Balaban J connectivity index is 1.95. The normalized spacial score (nSPS) is 11.2. The Morgan fingerprint density at radius 3 is 2.36 bits per heavy atom. The van der Waals surface area contributed by atoms with E-state index in [0.29, 0.717) is 6.42 Å². The second kappa shape index (κ2) is 12.4. The molecular formula is C18H30N2OS. The molecule has 0 saturated carbocycles. The Hall–Kier alpha value is -1.16. The van der Waals surface area contributed by atoms with Gasteiger partial charge in [-0.3, -0.25) is 4.79 Å². The summed E-state index contributed by atoms with van der Waals surface area (Å²) in [6, 6.07) is 2.01. The lowest BCUT2D eigenvalue weighted by atomic mass is 10.1. The van der Waals surface area contributed by atoms with Crippen molar-refractivity contribution in [3.05, 3.63) is 21.9 Å². The first-order valence-electron chi connectivity index (χ1n) is 8.60. The Labute approximate surface area is 139 Å². The second-order valence-electron chi connectivity index (χ2n) is 5.80. The van der Waals surface area contributed by atoms with E-state index >= 15 is 0 Å². The third kappa shape index (κ3) is 8.98. The van der Waals surface area contributed by atoms with Crippen molar-refractivity contribution in [2.24, 2.45) is 5.10 Å². The van der Waals surface area contributed by atoms with E-state index in [0.717, 1.165) is 18.4 Å². The van der Waals surface area contributed by atoms with Crippen molar-refractivity contribution < 1.29 is 4.79 Å². The molecule has 0 aliphatic rings. The number of thiophene rings is 1. The molecule has 1 rings (SSSR count). The molecule has 1 heterocycles. The van der Waals surface area contributed by atoms with E-state index in [1.165, 1.54) is 49.8 Å². The van der Waals surface area contributed by atoms with Crippen molar-refractivity contribution in [3.63, 3.8) is 0 Å². The van der Waals surface area contributed by atoms with Crippen LogP contribution in [0, 0.1) is 6.92 Å². The number of carbonyl (C=O) groups is 1. The fourth-order valence-corrected chi connectivity index (χ4v) is 3.03. The highest BCUT2D eigenvalue weighted by molar-refractivity contribution is 7.10. The molecule has 0 atom stereocenters. The van der Waals surface area contributed by atoms with E-state index in [1.807, 2.05) is 11.4 Å². The average molecular weight is 323 g/mol. The minimum absolute atomic E-state index is 0.0204. The molecule has 0 fully saturated rings. The number of hydrogen-bond donors (Lipinski definition) is 1. The average Bonchev–Trinajstić information content (AvgIpc) is 2.91. The molecule has 1 amide bonds. The Kier molecular flexibility index (Phi) is 10.6. The van der Waals surface area contributed by atoms with Gasteiger partial charge in [-0.2, -0.15) is 5.10 Å². The van der Waals surface area contributed by atoms with Gasteiger partial charge in [0.1, 0.15) is 0 Å². The summed E-state index contributed by atoms with van der Waals surface area (Å²) < 4.78 is 0. The smallest absolute Gasteiger partial charge is 0.240 e.